The molecule has 0 bridgehead atoms. The average Bonchev–Trinajstić information content (AvgIpc) is 3.36. The van der Waals surface area contributed by atoms with Crippen LogP contribution in [0, 0.1) is 5.82 Å². The Labute approximate surface area is 178 Å². The van der Waals surface area contributed by atoms with Crippen LogP contribution < -0.4 is 4.90 Å². The van der Waals surface area contributed by atoms with E-state index >= 15 is 0 Å². The van der Waals surface area contributed by atoms with Crippen molar-refractivity contribution in [3.8, 4) is 0 Å². The summed E-state index contributed by atoms with van der Waals surface area (Å²) in [6, 6.07) is 6.57. The fraction of sp³-hybridized carbons (Fsp3) is 0.421. The molecule has 0 aliphatic carbocycles. The molecule has 0 unspecified atom stereocenters. The van der Waals surface area contributed by atoms with Crippen LogP contribution in [0.5, 0.6) is 0 Å². The van der Waals surface area contributed by atoms with Gasteiger partial charge in [-0.25, -0.2) is 9.37 Å². The van der Waals surface area contributed by atoms with Crippen LogP contribution in [0.2, 0.25) is 0 Å². The van der Waals surface area contributed by atoms with Crippen LogP contribution in [0.3, 0.4) is 0 Å². The lowest BCUT2D eigenvalue weighted by Crippen LogP contribution is -2.43. The van der Waals surface area contributed by atoms with Crippen LogP contribution >= 0.6 is 23.7 Å². The highest BCUT2D eigenvalue weighted by Crippen LogP contribution is 2.31. The molecular formula is C19H23ClFN5O2S. The van der Waals surface area contributed by atoms with Crippen molar-refractivity contribution in [3.63, 3.8) is 0 Å². The van der Waals surface area contributed by atoms with Crippen molar-refractivity contribution in [2.75, 3.05) is 44.3 Å². The van der Waals surface area contributed by atoms with Gasteiger partial charge in [0.15, 0.2) is 5.13 Å². The summed E-state index contributed by atoms with van der Waals surface area (Å²) in [5.41, 5.74) is 0.805. The minimum atomic E-state index is -0.376. The fourth-order valence-corrected chi connectivity index (χ4v) is 4.28. The first-order valence-corrected chi connectivity index (χ1v) is 10.2. The molecule has 0 N–H and O–H groups in total. The van der Waals surface area contributed by atoms with Gasteiger partial charge in [-0.2, -0.15) is 5.10 Å². The predicted octanol–water partition coefficient (Wildman–Crippen LogP) is 3.05. The Kier molecular flexibility index (Phi) is 7.18. The lowest BCUT2D eigenvalue weighted by molar-refractivity contribution is 0.0391. The number of morpholine rings is 1. The summed E-state index contributed by atoms with van der Waals surface area (Å²) in [5.74, 6) is -0.550. The summed E-state index contributed by atoms with van der Waals surface area (Å²) in [5, 5.41) is 4.71. The Morgan fingerprint density at radius 1 is 1.31 bits per heavy atom. The van der Waals surface area contributed by atoms with Crippen molar-refractivity contribution in [1.29, 1.82) is 0 Å². The molecule has 0 atom stereocenters. The van der Waals surface area contributed by atoms with Crippen LogP contribution in [0.25, 0.3) is 10.2 Å². The molecule has 29 heavy (non-hydrogen) atoms. The number of anilines is 1. The minimum absolute atomic E-state index is 0. The minimum Gasteiger partial charge on any atom is -0.379 e. The van der Waals surface area contributed by atoms with E-state index in [2.05, 4.69) is 15.0 Å². The number of halogens is 2. The summed E-state index contributed by atoms with van der Waals surface area (Å²) < 4.78 is 21.9. The Balaban J connectivity index is 0.00000240. The van der Waals surface area contributed by atoms with Gasteiger partial charge in [-0.3, -0.25) is 19.3 Å². The van der Waals surface area contributed by atoms with Gasteiger partial charge in [-0.15, -0.1) is 12.4 Å². The van der Waals surface area contributed by atoms with Gasteiger partial charge in [0.05, 0.1) is 17.9 Å². The first kappa shape index (κ1) is 21.6. The zero-order valence-electron chi connectivity index (χ0n) is 16.1. The molecule has 2 aromatic heterocycles. The van der Waals surface area contributed by atoms with Gasteiger partial charge in [0, 0.05) is 38.9 Å². The molecule has 1 aliphatic rings. The lowest BCUT2D eigenvalue weighted by atomic mass is 10.3. The lowest BCUT2D eigenvalue weighted by Gasteiger charge is -2.29. The molecule has 1 amide bonds. The highest BCUT2D eigenvalue weighted by molar-refractivity contribution is 7.22. The van der Waals surface area contributed by atoms with Gasteiger partial charge in [-0.1, -0.05) is 17.4 Å². The predicted molar refractivity (Wildman–Crippen MR) is 114 cm³/mol. The molecule has 156 valence electrons. The fourth-order valence-electron chi connectivity index (χ4n) is 3.27. The molecule has 3 heterocycles. The molecule has 0 radical (unpaired) electrons. The second kappa shape index (κ2) is 9.62. The van der Waals surface area contributed by atoms with Crippen molar-refractivity contribution >= 4 is 45.0 Å². The van der Waals surface area contributed by atoms with Gasteiger partial charge >= 0.3 is 0 Å². The van der Waals surface area contributed by atoms with Crippen LogP contribution in [0.4, 0.5) is 9.52 Å². The molecule has 1 aromatic carbocycles. The summed E-state index contributed by atoms with van der Waals surface area (Å²) in [7, 11) is 0. The molecule has 7 nitrogen and oxygen atoms in total. The van der Waals surface area contributed by atoms with Gasteiger partial charge in [0.1, 0.15) is 17.0 Å². The zero-order valence-corrected chi connectivity index (χ0v) is 17.7. The van der Waals surface area contributed by atoms with E-state index < -0.39 is 0 Å². The number of aromatic nitrogens is 3. The van der Waals surface area contributed by atoms with Crippen molar-refractivity contribution in [2.24, 2.45) is 0 Å². The molecule has 4 rings (SSSR count). The second-order valence-electron chi connectivity index (χ2n) is 6.53. The smallest absolute Gasteiger partial charge is 0.278 e. The van der Waals surface area contributed by atoms with Crippen LogP contribution in [-0.4, -0.2) is 65.0 Å². The molecule has 0 saturated carbocycles. The van der Waals surface area contributed by atoms with Gasteiger partial charge in [-0.05, 0) is 25.1 Å². The summed E-state index contributed by atoms with van der Waals surface area (Å²) >= 11 is 1.33. The van der Waals surface area contributed by atoms with E-state index in [1.807, 2.05) is 13.0 Å². The third-order valence-corrected chi connectivity index (χ3v) is 5.86. The molecule has 1 fully saturated rings. The van der Waals surface area contributed by atoms with Crippen molar-refractivity contribution in [3.05, 3.63) is 42.0 Å². The maximum Gasteiger partial charge on any atom is 0.278 e. The first-order valence-electron chi connectivity index (χ1n) is 9.36. The maximum absolute atomic E-state index is 14.1. The normalized spacial score (nSPS) is 14.7. The average molecular weight is 440 g/mol. The number of carbonyl (C=O) groups is 1. The number of hydrogen-bond donors (Lipinski definition) is 0. The number of para-hydroxylation sites is 1. The van der Waals surface area contributed by atoms with Gasteiger partial charge in [0.2, 0.25) is 0 Å². The highest BCUT2D eigenvalue weighted by atomic mass is 35.5. The second-order valence-corrected chi connectivity index (χ2v) is 7.54. The van der Waals surface area contributed by atoms with E-state index in [4.69, 9.17) is 4.74 Å². The molecular weight excluding hydrogens is 417 g/mol. The van der Waals surface area contributed by atoms with E-state index in [1.165, 1.54) is 17.4 Å². The van der Waals surface area contributed by atoms with Crippen molar-refractivity contribution in [2.45, 2.75) is 13.5 Å². The van der Waals surface area contributed by atoms with E-state index in [0.29, 0.717) is 49.2 Å². The van der Waals surface area contributed by atoms with Crippen molar-refractivity contribution < 1.29 is 13.9 Å². The number of hydrogen-bond acceptors (Lipinski definition) is 6. The quantitative estimate of drug-likeness (QED) is 0.590. The SMILES string of the molecule is CCn1nccc1C(=O)N(CCN1CCOCC1)c1nc2c(F)cccc2s1.Cl. The number of fused-ring (bicyclic) bond motifs is 1. The number of benzene rings is 1. The number of aryl methyl sites for hydroxylation is 1. The molecule has 0 spiro atoms. The molecule has 3 aromatic rings. The highest BCUT2D eigenvalue weighted by Gasteiger charge is 2.25. The third-order valence-electron chi connectivity index (χ3n) is 4.81. The maximum atomic E-state index is 14.1. The van der Waals surface area contributed by atoms with Gasteiger partial charge < -0.3 is 4.74 Å². The number of thiazole rings is 1. The number of rotatable bonds is 6. The Morgan fingerprint density at radius 3 is 2.83 bits per heavy atom. The Hall–Kier alpha value is -2.07. The zero-order chi connectivity index (χ0) is 19.5. The standard InChI is InChI=1S/C19H22FN5O2S.ClH/c1-2-25-15(6-7-21-25)18(26)24(9-8-23-10-12-27-13-11-23)19-22-17-14(20)4-3-5-16(17)28-19;/h3-7H,2,8-13H2,1H3;1H. The summed E-state index contributed by atoms with van der Waals surface area (Å²) in [6.45, 7) is 6.77. The first-order chi connectivity index (χ1) is 13.7. The van der Waals surface area contributed by atoms with E-state index in [1.54, 1.807) is 27.9 Å². The van der Waals surface area contributed by atoms with Crippen LogP contribution in [0.15, 0.2) is 30.5 Å². The van der Waals surface area contributed by atoms with Gasteiger partial charge in [0.25, 0.3) is 5.91 Å². The van der Waals surface area contributed by atoms with E-state index in [-0.39, 0.29) is 24.1 Å². The molecule has 1 aliphatic heterocycles. The molecule has 10 heteroatoms. The Morgan fingerprint density at radius 2 is 2.10 bits per heavy atom. The summed E-state index contributed by atoms with van der Waals surface area (Å²) in [4.78, 5) is 21.7. The number of amides is 1. The summed E-state index contributed by atoms with van der Waals surface area (Å²) in [6.07, 6.45) is 1.62. The van der Waals surface area contributed by atoms with Crippen LogP contribution in [0.1, 0.15) is 17.4 Å². The van der Waals surface area contributed by atoms with Crippen LogP contribution in [-0.2, 0) is 11.3 Å². The van der Waals surface area contributed by atoms with E-state index in [9.17, 15) is 9.18 Å². The Bertz CT molecular complexity index is 973. The monoisotopic (exact) mass is 439 g/mol. The number of ether oxygens (including phenoxy) is 1. The topological polar surface area (TPSA) is 63.5 Å². The third kappa shape index (κ3) is 4.58. The largest absolute Gasteiger partial charge is 0.379 e. The number of nitrogens with zero attached hydrogens (tertiary/aromatic N) is 5. The van der Waals surface area contributed by atoms with Crippen molar-refractivity contribution in [1.82, 2.24) is 19.7 Å². The van der Waals surface area contributed by atoms with E-state index in [0.717, 1.165) is 17.8 Å². The number of carbonyl (C=O) groups excluding carboxylic acids is 1. The molecule has 1 saturated heterocycles.